The van der Waals surface area contributed by atoms with Crippen LogP contribution in [0.5, 0.6) is 5.75 Å². The highest BCUT2D eigenvalue weighted by molar-refractivity contribution is 7.92. The van der Waals surface area contributed by atoms with Gasteiger partial charge in [-0.05, 0) is 42.8 Å². The Morgan fingerprint density at radius 3 is 2.61 bits per heavy atom. The van der Waals surface area contributed by atoms with E-state index in [0.717, 1.165) is 10.9 Å². The molecule has 0 aliphatic carbocycles. The monoisotopic (exact) mass is 418 g/mol. The first-order valence-corrected chi connectivity index (χ1v) is 10.7. The van der Waals surface area contributed by atoms with Crippen molar-refractivity contribution >= 4 is 38.2 Å². The second-order valence-electron chi connectivity index (χ2n) is 6.10. The summed E-state index contributed by atoms with van der Waals surface area (Å²) in [4.78, 5) is 16.3. The Balaban J connectivity index is 1.45. The van der Waals surface area contributed by atoms with Crippen LogP contribution in [0, 0.1) is 0 Å². The number of nitrogens with zero attached hydrogens (tertiary/aromatic N) is 1. The molecule has 0 fully saturated rings. The third-order valence-electron chi connectivity index (χ3n) is 3.99. The van der Waals surface area contributed by atoms with Crippen LogP contribution in [0.1, 0.15) is 6.42 Å². The smallest absolute Gasteiger partial charge is 0.235 e. The van der Waals surface area contributed by atoms with Crippen LogP contribution in [0.4, 0.5) is 0 Å². The van der Waals surface area contributed by atoms with Gasteiger partial charge in [0, 0.05) is 23.2 Å². The number of para-hydroxylation sites is 1. The summed E-state index contributed by atoms with van der Waals surface area (Å²) in [6.07, 6.45) is 2.24. The molecule has 0 unspecified atom stereocenters. The molecule has 3 rings (SSSR count). The first kappa shape index (κ1) is 20.1. The van der Waals surface area contributed by atoms with Crippen LogP contribution in [0.3, 0.4) is 0 Å². The van der Waals surface area contributed by atoms with Crippen LogP contribution in [0.2, 0.25) is 5.02 Å². The summed E-state index contributed by atoms with van der Waals surface area (Å²) in [6, 6.07) is 15.2. The van der Waals surface area contributed by atoms with E-state index >= 15 is 0 Å². The van der Waals surface area contributed by atoms with Gasteiger partial charge in [0.05, 0.1) is 11.5 Å². The number of halogens is 1. The van der Waals surface area contributed by atoms with E-state index in [1.807, 2.05) is 30.3 Å². The number of hydrogen-bond acceptors (Lipinski definition) is 5. The molecule has 1 amide bonds. The average Bonchev–Trinajstić information content (AvgIpc) is 2.68. The van der Waals surface area contributed by atoms with E-state index in [1.165, 1.54) is 24.3 Å². The lowest BCUT2D eigenvalue weighted by Gasteiger charge is -2.09. The van der Waals surface area contributed by atoms with Gasteiger partial charge in [-0.1, -0.05) is 29.8 Å². The Labute approximate surface area is 168 Å². The zero-order valence-electron chi connectivity index (χ0n) is 15.0. The molecule has 8 heteroatoms. The molecule has 3 aromatic rings. The highest BCUT2D eigenvalue weighted by atomic mass is 35.5. The Hall–Kier alpha value is -2.64. The predicted molar refractivity (Wildman–Crippen MR) is 108 cm³/mol. The van der Waals surface area contributed by atoms with Crippen LogP contribution in [-0.2, 0) is 14.6 Å². The zero-order chi connectivity index (χ0) is 20.0. The lowest BCUT2D eigenvalue weighted by molar-refractivity contribution is -0.118. The van der Waals surface area contributed by atoms with Crippen molar-refractivity contribution in [1.29, 1.82) is 0 Å². The van der Waals surface area contributed by atoms with Crippen molar-refractivity contribution in [3.63, 3.8) is 0 Å². The minimum atomic E-state index is -3.70. The van der Waals surface area contributed by atoms with Gasteiger partial charge in [-0.3, -0.25) is 9.78 Å². The molecule has 1 aromatic heterocycles. The molecular weight excluding hydrogens is 400 g/mol. The number of nitrogens with one attached hydrogen (secondary N) is 1. The highest BCUT2D eigenvalue weighted by Gasteiger charge is 2.18. The molecule has 0 saturated heterocycles. The Bertz CT molecular complexity index is 1060. The number of benzene rings is 2. The standard InChI is InChI=1S/C20H19ClN2O4S/c21-16-7-9-17(10-8-16)28(25,26)14-19(24)22-12-3-13-27-18-6-1-4-15-5-2-11-23-20(15)18/h1-2,4-11H,3,12-14H2,(H,22,24). The molecule has 0 saturated carbocycles. The second-order valence-corrected chi connectivity index (χ2v) is 8.52. The van der Waals surface area contributed by atoms with Gasteiger partial charge in [-0.15, -0.1) is 0 Å². The third kappa shape index (κ3) is 5.21. The molecule has 0 aliphatic rings. The van der Waals surface area contributed by atoms with E-state index in [1.54, 1.807) is 6.20 Å². The summed E-state index contributed by atoms with van der Waals surface area (Å²) in [5.74, 6) is -0.487. The van der Waals surface area contributed by atoms with Crippen molar-refractivity contribution in [2.75, 3.05) is 18.9 Å². The van der Waals surface area contributed by atoms with Crippen LogP contribution < -0.4 is 10.1 Å². The maximum Gasteiger partial charge on any atom is 0.235 e. The molecule has 0 spiro atoms. The van der Waals surface area contributed by atoms with Gasteiger partial charge in [-0.25, -0.2) is 8.42 Å². The number of carbonyl (C=O) groups excluding carboxylic acids is 1. The second kappa shape index (κ2) is 9.03. The van der Waals surface area contributed by atoms with Crippen LogP contribution >= 0.6 is 11.6 Å². The van der Waals surface area contributed by atoms with E-state index < -0.39 is 21.5 Å². The summed E-state index contributed by atoms with van der Waals surface area (Å²) in [5, 5.41) is 4.03. The largest absolute Gasteiger partial charge is 0.491 e. The fourth-order valence-corrected chi connectivity index (χ4v) is 3.91. The van der Waals surface area contributed by atoms with Crippen molar-refractivity contribution in [2.24, 2.45) is 0 Å². The van der Waals surface area contributed by atoms with Gasteiger partial charge in [-0.2, -0.15) is 0 Å². The zero-order valence-corrected chi connectivity index (χ0v) is 16.5. The molecule has 2 aromatic carbocycles. The number of aromatic nitrogens is 1. The molecule has 0 aliphatic heterocycles. The van der Waals surface area contributed by atoms with Gasteiger partial charge < -0.3 is 10.1 Å². The minimum Gasteiger partial charge on any atom is -0.491 e. The SMILES string of the molecule is O=C(CS(=O)(=O)c1ccc(Cl)cc1)NCCCOc1cccc2cccnc12. The summed E-state index contributed by atoms with van der Waals surface area (Å²) in [7, 11) is -3.70. The maximum atomic E-state index is 12.2. The number of carbonyl (C=O) groups is 1. The van der Waals surface area contributed by atoms with Crippen molar-refractivity contribution in [1.82, 2.24) is 10.3 Å². The number of pyridine rings is 1. The summed E-state index contributed by atoms with van der Waals surface area (Å²) < 4.78 is 30.2. The number of rotatable bonds is 8. The van der Waals surface area contributed by atoms with Crippen LogP contribution in [-0.4, -0.2) is 38.2 Å². The Morgan fingerprint density at radius 1 is 1.07 bits per heavy atom. The number of ether oxygens (including phenoxy) is 1. The van der Waals surface area contributed by atoms with Gasteiger partial charge in [0.2, 0.25) is 5.91 Å². The van der Waals surface area contributed by atoms with Crippen LogP contribution in [0.25, 0.3) is 10.9 Å². The molecule has 1 heterocycles. The minimum absolute atomic E-state index is 0.0684. The summed E-state index contributed by atoms with van der Waals surface area (Å²) in [6.45, 7) is 0.688. The molecular formula is C20H19ClN2O4S. The molecule has 6 nitrogen and oxygen atoms in total. The fraction of sp³-hybridized carbons (Fsp3) is 0.200. The van der Waals surface area contributed by atoms with E-state index in [-0.39, 0.29) is 4.90 Å². The predicted octanol–water partition coefficient (Wildman–Crippen LogP) is 3.25. The lowest BCUT2D eigenvalue weighted by atomic mass is 10.2. The van der Waals surface area contributed by atoms with Gasteiger partial charge >= 0.3 is 0 Å². The van der Waals surface area contributed by atoms with E-state index in [2.05, 4.69) is 10.3 Å². The van der Waals surface area contributed by atoms with Crippen molar-refractivity contribution in [3.8, 4) is 5.75 Å². The number of fused-ring (bicyclic) bond motifs is 1. The third-order valence-corrected chi connectivity index (χ3v) is 5.88. The van der Waals surface area contributed by atoms with Crippen molar-refractivity contribution in [3.05, 3.63) is 65.8 Å². The molecule has 28 heavy (non-hydrogen) atoms. The molecule has 146 valence electrons. The van der Waals surface area contributed by atoms with E-state index in [0.29, 0.717) is 30.3 Å². The lowest BCUT2D eigenvalue weighted by Crippen LogP contribution is -2.31. The molecule has 0 bridgehead atoms. The summed E-state index contributed by atoms with van der Waals surface area (Å²) >= 11 is 5.75. The van der Waals surface area contributed by atoms with E-state index in [9.17, 15) is 13.2 Å². The van der Waals surface area contributed by atoms with Crippen molar-refractivity contribution in [2.45, 2.75) is 11.3 Å². The molecule has 0 atom stereocenters. The first-order chi connectivity index (χ1) is 13.5. The van der Waals surface area contributed by atoms with Gasteiger partial charge in [0.15, 0.2) is 9.84 Å². The summed E-state index contributed by atoms with van der Waals surface area (Å²) in [5.41, 5.74) is 0.781. The van der Waals surface area contributed by atoms with Gasteiger partial charge in [0.25, 0.3) is 0 Å². The van der Waals surface area contributed by atoms with Crippen molar-refractivity contribution < 1.29 is 17.9 Å². The van der Waals surface area contributed by atoms with E-state index in [4.69, 9.17) is 16.3 Å². The normalized spacial score (nSPS) is 11.3. The van der Waals surface area contributed by atoms with Gasteiger partial charge in [0.1, 0.15) is 17.0 Å². The maximum absolute atomic E-state index is 12.2. The first-order valence-electron chi connectivity index (χ1n) is 8.67. The Morgan fingerprint density at radius 2 is 1.82 bits per heavy atom. The highest BCUT2D eigenvalue weighted by Crippen LogP contribution is 2.22. The molecule has 0 radical (unpaired) electrons. The Kier molecular flexibility index (Phi) is 6.49. The average molecular weight is 419 g/mol. The topological polar surface area (TPSA) is 85.4 Å². The fourth-order valence-electron chi connectivity index (χ4n) is 2.62. The number of hydrogen-bond donors (Lipinski definition) is 1. The number of amides is 1. The quantitative estimate of drug-likeness (QED) is 0.567. The molecule has 1 N–H and O–H groups in total. The number of sulfone groups is 1. The van der Waals surface area contributed by atoms with Crippen LogP contribution in [0.15, 0.2) is 65.7 Å².